The molecule has 0 aromatic carbocycles. The SMILES string of the molecule is CN(CC(O)CO)C1CCCNCC1. The molecular formula is C10H22N2O2. The molecule has 0 radical (unpaired) electrons. The lowest BCUT2D eigenvalue weighted by Gasteiger charge is -2.28. The van der Waals surface area contributed by atoms with Crippen molar-refractivity contribution in [3.8, 4) is 0 Å². The highest BCUT2D eigenvalue weighted by Crippen LogP contribution is 2.11. The Bertz CT molecular complexity index is 147. The van der Waals surface area contributed by atoms with Crippen LogP contribution in [-0.2, 0) is 0 Å². The summed E-state index contributed by atoms with van der Waals surface area (Å²) in [7, 11) is 2.02. The van der Waals surface area contributed by atoms with Crippen molar-refractivity contribution in [3.63, 3.8) is 0 Å². The molecule has 1 fully saturated rings. The van der Waals surface area contributed by atoms with Crippen molar-refractivity contribution >= 4 is 0 Å². The Morgan fingerprint density at radius 3 is 2.93 bits per heavy atom. The molecule has 84 valence electrons. The molecule has 1 heterocycles. The Morgan fingerprint density at radius 2 is 2.21 bits per heavy atom. The number of rotatable bonds is 4. The molecule has 0 aromatic heterocycles. The van der Waals surface area contributed by atoms with Crippen molar-refractivity contribution in [2.75, 3.05) is 33.3 Å². The second-order valence-corrected chi connectivity index (χ2v) is 4.11. The third kappa shape index (κ3) is 3.92. The fraction of sp³-hybridized carbons (Fsp3) is 1.00. The van der Waals surface area contributed by atoms with Gasteiger partial charge in [-0.05, 0) is 39.4 Å². The van der Waals surface area contributed by atoms with E-state index in [9.17, 15) is 5.11 Å². The average Bonchev–Trinajstić information content (AvgIpc) is 2.45. The number of aliphatic hydroxyl groups excluding tert-OH is 2. The second kappa shape index (κ2) is 6.35. The molecule has 0 amide bonds. The van der Waals surface area contributed by atoms with E-state index in [1.807, 2.05) is 7.05 Å². The Kier molecular flexibility index (Phi) is 5.40. The summed E-state index contributed by atoms with van der Waals surface area (Å²) in [4.78, 5) is 2.16. The smallest absolute Gasteiger partial charge is 0.0897 e. The van der Waals surface area contributed by atoms with Crippen LogP contribution in [0.15, 0.2) is 0 Å². The van der Waals surface area contributed by atoms with Crippen LogP contribution in [0, 0.1) is 0 Å². The van der Waals surface area contributed by atoms with E-state index >= 15 is 0 Å². The molecule has 0 bridgehead atoms. The molecule has 1 rings (SSSR count). The van der Waals surface area contributed by atoms with E-state index in [1.54, 1.807) is 0 Å². The Balaban J connectivity index is 2.30. The summed E-state index contributed by atoms with van der Waals surface area (Å²) in [6.07, 6.45) is 2.91. The van der Waals surface area contributed by atoms with Crippen molar-refractivity contribution in [2.24, 2.45) is 0 Å². The van der Waals surface area contributed by atoms with Gasteiger partial charge in [0.05, 0.1) is 12.7 Å². The topological polar surface area (TPSA) is 55.7 Å². The zero-order chi connectivity index (χ0) is 10.4. The van der Waals surface area contributed by atoms with E-state index < -0.39 is 6.10 Å². The lowest BCUT2D eigenvalue weighted by atomic mass is 10.1. The molecule has 1 aliphatic heterocycles. The fourth-order valence-electron chi connectivity index (χ4n) is 1.98. The largest absolute Gasteiger partial charge is 0.394 e. The van der Waals surface area contributed by atoms with Crippen LogP contribution in [0.3, 0.4) is 0 Å². The van der Waals surface area contributed by atoms with Gasteiger partial charge in [-0.25, -0.2) is 0 Å². The van der Waals surface area contributed by atoms with Gasteiger partial charge in [-0.2, -0.15) is 0 Å². The van der Waals surface area contributed by atoms with E-state index in [-0.39, 0.29) is 6.61 Å². The Labute approximate surface area is 85.9 Å². The molecule has 2 unspecified atom stereocenters. The van der Waals surface area contributed by atoms with Gasteiger partial charge in [-0.15, -0.1) is 0 Å². The van der Waals surface area contributed by atoms with Crippen LogP contribution in [0.2, 0.25) is 0 Å². The van der Waals surface area contributed by atoms with E-state index in [0.29, 0.717) is 12.6 Å². The van der Waals surface area contributed by atoms with Gasteiger partial charge in [-0.3, -0.25) is 0 Å². The minimum atomic E-state index is -0.601. The van der Waals surface area contributed by atoms with Crippen LogP contribution in [0.5, 0.6) is 0 Å². The number of likely N-dealkylation sites (N-methyl/N-ethyl adjacent to an activating group) is 1. The van der Waals surface area contributed by atoms with Crippen LogP contribution < -0.4 is 5.32 Å². The first-order chi connectivity index (χ1) is 6.74. The molecule has 0 aliphatic carbocycles. The highest BCUT2D eigenvalue weighted by Gasteiger charge is 2.18. The quantitative estimate of drug-likeness (QED) is 0.570. The molecule has 0 spiro atoms. The minimum absolute atomic E-state index is 0.144. The van der Waals surface area contributed by atoms with Gasteiger partial charge >= 0.3 is 0 Å². The van der Waals surface area contributed by atoms with Gasteiger partial charge in [-0.1, -0.05) is 0 Å². The highest BCUT2D eigenvalue weighted by atomic mass is 16.3. The summed E-state index contributed by atoms with van der Waals surface area (Å²) >= 11 is 0. The van der Waals surface area contributed by atoms with Crippen molar-refractivity contribution in [1.29, 1.82) is 0 Å². The van der Waals surface area contributed by atoms with Gasteiger partial charge in [0, 0.05) is 12.6 Å². The lowest BCUT2D eigenvalue weighted by molar-refractivity contribution is 0.0525. The average molecular weight is 202 g/mol. The van der Waals surface area contributed by atoms with Gasteiger partial charge in [0.25, 0.3) is 0 Å². The van der Waals surface area contributed by atoms with Gasteiger partial charge in [0.15, 0.2) is 0 Å². The lowest BCUT2D eigenvalue weighted by Crippen LogP contribution is -2.39. The highest BCUT2D eigenvalue weighted by molar-refractivity contribution is 4.75. The van der Waals surface area contributed by atoms with Gasteiger partial charge in [0.2, 0.25) is 0 Å². The molecule has 3 N–H and O–H groups in total. The molecule has 2 atom stereocenters. The third-order valence-corrected chi connectivity index (χ3v) is 2.88. The van der Waals surface area contributed by atoms with E-state index in [0.717, 1.165) is 19.5 Å². The Morgan fingerprint density at radius 1 is 1.43 bits per heavy atom. The van der Waals surface area contributed by atoms with Crippen molar-refractivity contribution in [3.05, 3.63) is 0 Å². The minimum Gasteiger partial charge on any atom is -0.394 e. The Hall–Kier alpha value is -0.160. The van der Waals surface area contributed by atoms with E-state index in [2.05, 4.69) is 10.2 Å². The van der Waals surface area contributed by atoms with Crippen LogP contribution in [-0.4, -0.2) is 60.5 Å². The van der Waals surface area contributed by atoms with E-state index in [1.165, 1.54) is 12.8 Å². The zero-order valence-electron chi connectivity index (χ0n) is 8.95. The number of aliphatic hydroxyl groups is 2. The molecule has 0 saturated carbocycles. The fourth-order valence-corrected chi connectivity index (χ4v) is 1.98. The molecule has 1 saturated heterocycles. The summed E-state index contributed by atoms with van der Waals surface area (Å²) in [6.45, 7) is 2.59. The molecule has 0 aromatic rings. The number of nitrogens with one attached hydrogen (secondary N) is 1. The van der Waals surface area contributed by atoms with Gasteiger partial charge < -0.3 is 20.4 Å². The maximum atomic E-state index is 9.32. The third-order valence-electron chi connectivity index (χ3n) is 2.88. The summed E-state index contributed by atoms with van der Waals surface area (Å²) in [5.41, 5.74) is 0. The van der Waals surface area contributed by atoms with Crippen molar-refractivity contribution < 1.29 is 10.2 Å². The molecule has 1 aliphatic rings. The first-order valence-corrected chi connectivity index (χ1v) is 5.44. The predicted octanol–water partition coefficient (Wildman–Crippen LogP) is -0.586. The first kappa shape index (κ1) is 11.9. The number of hydrogen-bond acceptors (Lipinski definition) is 4. The maximum absolute atomic E-state index is 9.32. The second-order valence-electron chi connectivity index (χ2n) is 4.11. The standard InChI is InChI=1S/C10H22N2O2/c1-12(7-10(14)8-13)9-3-2-5-11-6-4-9/h9-11,13-14H,2-8H2,1H3. The molecular weight excluding hydrogens is 180 g/mol. The summed E-state index contributed by atoms with van der Waals surface area (Å²) in [6, 6.07) is 0.547. The van der Waals surface area contributed by atoms with Crippen LogP contribution in [0.1, 0.15) is 19.3 Å². The molecule has 4 nitrogen and oxygen atoms in total. The summed E-state index contributed by atoms with van der Waals surface area (Å²) in [5.74, 6) is 0. The van der Waals surface area contributed by atoms with Crippen molar-refractivity contribution in [2.45, 2.75) is 31.4 Å². The predicted molar refractivity (Wildman–Crippen MR) is 56.2 cm³/mol. The zero-order valence-corrected chi connectivity index (χ0v) is 8.95. The molecule has 14 heavy (non-hydrogen) atoms. The number of hydrogen-bond donors (Lipinski definition) is 3. The summed E-state index contributed by atoms with van der Waals surface area (Å²) < 4.78 is 0. The van der Waals surface area contributed by atoms with Gasteiger partial charge in [0.1, 0.15) is 0 Å². The molecule has 4 heteroatoms. The van der Waals surface area contributed by atoms with Crippen molar-refractivity contribution in [1.82, 2.24) is 10.2 Å². The monoisotopic (exact) mass is 202 g/mol. The van der Waals surface area contributed by atoms with Crippen LogP contribution in [0.4, 0.5) is 0 Å². The maximum Gasteiger partial charge on any atom is 0.0897 e. The number of nitrogens with zero attached hydrogens (tertiary/aromatic N) is 1. The first-order valence-electron chi connectivity index (χ1n) is 5.44. The van der Waals surface area contributed by atoms with E-state index in [4.69, 9.17) is 5.11 Å². The van der Waals surface area contributed by atoms with Crippen LogP contribution >= 0.6 is 0 Å². The van der Waals surface area contributed by atoms with Crippen LogP contribution in [0.25, 0.3) is 0 Å². The summed E-state index contributed by atoms with van der Waals surface area (Å²) in [5, 5.41) is 21.4. The normalized spacial score (nSPS) is 26.1.